The van der Waals surface area contributed by atoms with Crippen LogP contribution in [0.4, 0.5) is 5.95 Å². The lowest BCUT2D eigenvalue weighted by molar-refractivity contribution is 0.124. The molecule has 0 amide bonds. The van der Waals surface area contributed by atoms with Crippen LogP contribution in [-0.2, 0) is 6.42 Å². The van der Waals surface area contributed by atoms with Gasteiger partial charge in [-0.1, -0.05) is 39.0 Å². The van der Waals surface area contributed by atoms with Gasteiger partial charge in [0.15, 0.2) is 0 Å². The molecule has 2 saturated heterocycles. The highest BCUT2D eigenvalue weighted by atomic mass is 15.4. The highest BCUT2D eigenvalue weighted by molar-refractivity contribution is 5.36. The van der Waals surface area contributed by atoms with Crippen molar-refractivity contribution in [2.75, 3.05) is 18.0 Å². The third-order valence-corrected chi connectivity index (χ3v) is 6.22. The minimum Gasteiger partial charge on any atom is -0.332 e. The van der Waals surface area contributed by atoms with E-state index >= 15 is 0 Å². The summed E-state index contributed by atoms with van der Waals surface area (Å²) in [6, 6.07) is 1.82. The maximum atomic E-state index is 4.78. The van der Waals surface area contributed by atoms with Crippen LogP contribution in [0.5, 0.6) is 0 Å². The van der Waals surface area contributed by atoms with Crippen molar-refractivity contribution in [3.63, 3.8) is 0 Å². The van der Waals surface area contributed by atoms with Crippen molar-refractivity contribution >= 4 is 5.95 Å². The summed E-state index contributed by atoms with van der Waals surface area (Å²) in [5.74, 6) is 0.967. The first-order valence-electron chi connectivity index (χ1n) is 11.0. The Kier molecular flexibility index (Phi) is 7.30. The summed E-state index contributed by atoms with van der Waals surface area (Å²) in [6.45, 7) is 9.24. The molecular formula is C22H38N4. The Hall–Kier alpha value is -1.16. The van der Waals surface area contributed by atoms with Gasteiger partial charge in [0.2, 0.25) is 5.95 Å². The summed E-state index contributed by atoms with van der Waals surface area (Å²) in [5, 5.41) is 0. The summed E-state index contributed by atoms with van der Waals surface area (Å²) in [6.07, 6.45) is 17.3. The van der Waals surface area contributed by atoms with Crippen molar-refractivity contribution < 1.29 is 0 Å². The van der Waals surface area contributed by atoms with Gasteiger partial charge in [-0.3, -0.25) is 4.90 Å². The van der Waals surface area contributed by atoms with E-state index in [2.05, 4.69) is 43.0 Å². The van der Waals surface area contributed by atoms with E-state index in [1.165, 1.54) is 63.4 Å². The molecule has 4 heteroatoms. The molecule has 2 bridgehead atoms. The molecule has 1 aromatic heterocycles. The van der Waals surface area contributed by atoms with Crippen LogP contribution in [0.1, 0.15) is 84.1 Å². The van der Waals surface area contributed by atoms with Gasteiger partial charge >= 0.3 is 0 Å². The topological polar surface area (TPSA) is 32.3 Å². The van der Waals surface area contributed by atoms with Gasteiger partial charge in [0.05, 0.1) is 0 Å². The van der Waals surface area contributed by atoms with E-state index in [1.54, 1.807) is 0 Å². The molecule has 3 heterocycles. The molecule has 3 rings (SSSR count). The molecule has 4 nitrogen and oxygen atoms in total. The Labute approximate surface area is 160 Å². The highest BCUT2D eigenvalue weighted by Gasteiger charge is 2.39. The molecule has 26 heavy (non-hydrogen) atoms. The van der Waals surface area contributed by atoms with Crippen LogP contribution in [-0.4, -0.2) is 46.1 Å². The van der Waals surface area contributed by atoms with E-state index in [4.69, 9.17) is 9.97 Å². The second-order valence-corrected chi connectivity index (χ2v) is 8.60. The lowest BCUT2D eigenvalue weighted by Crippen LogP contribution is -2.62. The molecule has 2 fully saturated rings. The third-order valence-electron chi connectivity index (χ3n) is 6.22. The number of hydrogen-bond acceptors (Lipinski definition) is 4. The number of anilines is 1. The molecule has 146 valence electrons. The largest absolute Gasteiger partial charge is 0.332 e. The number of hydrogen-bond donors (Lipinski definition) is 0. The van der Waals surface area contributed by atoms with Gasteiger partial charge in [-0.05, 0) is 51.5 Å². The highest BCUT2D eigenvalue weighted by Crippen LogP contribution is 2.32. The summed E-state index contributed by atoms with van der Waals surface area (Å²) >= 11 is 0. The second-order valence-electron chi connectivity index (χ2n) is 8.60. The fourth-order valence-corrected chi connectivity index (χ4v) is 4.61. The Morgan fingerprint density at radius 1 is 0.962 bits per heavy atom. The summed E-state index contributed by atoms with van der Waals surface area (Å²) < 4.78 is 0. The van der Waals surface area contributed by atoms with E-state index in [0.29, 0.717) is 18.1 Å². The predicted molar refractivity (Wildman–Crippen MR) is 110 cm³/mol. The van der Waals surface area contributed by atoms with Gasteiger partial charge in [0.25, 0.3) is 0 Å². The van der Waals surface area contributed by atoms with Gasteiger partial charge in [0.1, 0.15) is 0 Å². The van der Waals surface area contributed by atoms with E-state index in [1.807, 2.05) is 0 Å². The number of unbranched alkanes of at least 4 members (excludes halogenated alkanes) is 5. The lowest BCUT2D eigenvalue weighted by Gasteiger charge is -2.51. The normalized spacial score (nSPS) is 23.6. The predicted octanol–water partition coefficient (Wildman–Crippen LogP) is 4.83. The van der Waals surface area contributed by atoms with E-state index in [0.717, 1.165) is 25.5 Å². The molecule has 1 aromatic rings. The zero-order valence-electron chi connectivity index (χ0n) is 17.2. The van der Waals surface area contributed by atoms with Crippen molar-refractivity contribution in [3.05, 3.63) is 18.0 Å². The zero-order chi connectivity index (χ0) is 18.4. The Morgan fingerprint density at radius 2 is 1.58 bits per heavy atom. The molecule has 0 aromatic carbocycles. The zero-order valence-corrected chi connectivity index (χ0v) is 17.2. The first kappa shape index (κ1) is 19.6. The SMILES string of the molecule is CCCCCCCCc1cnc(N2C3CCCC2CN(C(C)C)C3)nc1. The van der Waals surface area contributed by atoms with Crippen molar-refractivity contribution in [3.8, 4) is 0 Å². The van der Waals surface area contributed by atoms with Gasteiger partial charge in [-0.25, -0.2) is 9.97 Å². The maximum absolute atomic E-state index is 4.78. The van der Waals surface area contributed by atoms with E-state index in [-0.39, 0.29) is 0 Å². The van der Waals surface area contributed by atoms with Gasteiger partial charge in [0, 0.05) is 43.6 Å². The molecule has 2 aliphatic heterocycles. The van der Waals surface area contributed by atoms with Crippen molar-refractivity contribution in [1.29, 1.82) is 0 Å². The molecule has 2 unspecified atom stereocenters. The second kappa shape index (κ2) is 9.68. The number of aryl methyl sites for hydroxylation is 1. The molecule has 0 spiro atoms. The quantitative estimate of drug-likeness (QED) is 0.592. The molecule has 2 atom stereocenters. The van der Waals surface area contributed by atoms with Crippen LogP contribution in [0.2, 0.25) is 0 Å². The molecule has 0 saturated carbocycles. The monoisotopic (exact) mass is 358 g/mol. The smallest absolute Gasteiger partial charge is 0.225 e. The van der Waals surface area contributed by atoms with Gasteiger partial charge in [-0.2, -0.15) is 0 Å². The first-order valence-corrected chi connectivity index (χ1v) is 11.0. The Bertz CT molecular complexity index is 513. The van der Waals surface area contributed by atoms with Crippen LogP contribution in [0.15, 0.2) is 12.4 Å². The van der Waals surface area contributed by atoms with Crippen molar-refractivity contribution in [2.24, 2.45) is 0 Å². The maximum Gasteiger partial charge on any atom is 0.225 e. The number of piperidine rings is 1. The number of piperazine rings is 1. The number of rotatable bonds is 9. The minimum absolute atomic E-state index is 0.592. The molecule has 0 N–H and O–H groups in total. The van der Waals surface area contributed by atoms with Crippen molar-refractivity contribution in [1.82, 2.24) is 14.9 Å². The summed E-state index contributed by atoms with van der Waals surface area (Å²) in [5.41, 5.74) is 1.30. The Morgan fingerprint density at radius 3 is 2.19 bits per heavy atom. The molecule has 0 radical (unpaired) electrons. The van der Waals surface area contributed by atoms with Crippen molar-refractivity contribution in [2.45, 2.75) is 103 Å². The van der Waals surface area contributed by atoms with Crippen LogP contribution in [0.3, 0.4) is 0 Å². The summed E-state index contributed by atoms with van der Waals surface area (Å²) in [4.78, 5) is 14.7. The lowest BCUT2D eigenvalue weighted by atomic mass is 9.91. The minimum atomic E-state index is 0.592. The van der Waals surface area contributed by atoms with Gasteiger partial charge < -0.3 is 4.90 Å². The molecule has 2 aliphatic rings. The first-order chi connectivity index (χ1) is 12.7. The third kappa shape index (κ3) is 4.97. The van der Waals surface area contributed by atoms with Crippen LogP contribution in [0, 0.1) is 0 Å². The fraction of sp³-hybridized carbons (Fsp3) is 0.818. The average Bonchev–Trinajstić information content (AvgIpc) is 2.64. The number of likely N-dealkylation sites (tertiary alicyclic amines) is 1. The number of nitrogens with zero attached hydrogens (tertiary/aromatic N) is 4. The standard InChI is InChI=1S/C22H38N4/c1-4-5-6-7-8-9-11-19-14-23-22(24-15-19)26-20-12-10-13-21(26)17-25(16-20)18(2)3/h14-15,18,20-21H,4-13,16-17H2,1-3H3. The van der Waals surface area contributed by atoms with Crippen LogP contribution >= 0.6 is 0 Å². The van der Waals surface area contributed by atoms with Gasteiger partial charge in [-0.15, -0.1) is 0 Å². The summed E-state index contributed by atoms with van der Waals surface area (Å²) in [7, 11) is 0. The number of aromatic nitrogens is 2. The number of fused-ring (bicyclic) bond motifs is 2. The van der Waals surface area contributed by atoms with Crippen LogP contribution < -0.4 is 4.90 Å². The van der Waals surface area contributed by atoms with Crippen LogP contribution in [0.25, 0.3) is 0 Å². The van der Waals surface area contributed by atoms with E-state index < -0.39 is 0 Å². The molecular weight excluding hydrogens is 320 g/mol. The Balaban J connectivity index is 1.53. The van der Waals surface area contributed by atoms with E-state index in [9.17, 15) is 0 Å². The fourth-order valence-electron chi connectivity index (χ4n) is 4.61. The molecule has 0 aliphatic carbocycles. The average molecular weight is 359 g/mol.